The van der Waals surface area contributed by atoms with Crippen LogP contribution in [0.4, 0.5) is 0 Å². The second-order valence-electron chi connectivity index (χ2n) is 4.96. The molecular weight excluding hydrogens is 296 g/mol. The third-order valence-electron chi connectivity index (χ3n) is 3.35. The molecule has 0 aliphatic carbocycles. The number of halogens is 1. The second-order valence-corrected chi connectivity index (χ2v) is 5.75. The Hall–Kier alpha value is -0.850. The number of hydrogen-bond donors (Lipinski definition) is 1. The molecule has 1 saturated heterocycles. The normalized spacial score (nSPS) is 18.2. The molecule has 20 heavy (non-hydrogen) atoms. The van der Waals surface area contributed by atoms with Crippen LogP contribution < -0.4 is 5.32 Å². The van der Waals surface area contributed by atoms with E-state index in [2.05, 4.69) is 10.4 Å². The summed E-state index contributed by atoms with van der Waals surface area (Å²) in [6, 6.07) is 0. The predicted octanol–water partition coefficient (Wildman–Crippen LogP) is 2.04. The van der Waals surface area contributed by atoms with E-state index >= 15 is 0 Å². The van der Waals surface area contributed by atoms with Gasteiger partial charge in [0.05, 0.1) is 17.7 Å². The molecule has 0 bridgehead atoms. The Kier molecular flexibility index (Phi) is 5.63. The predicted molar refractivity (Wildman–Crippen MR) is 84.0 cm³/mol. The number of thiocarbonyl (C=S) groups is 1. The van der Waals surface area contributed by atoms with Gasteiger partial charge in [0, 0.05) is 32.9 Å². The monoisotopic (exact) mass is 316 g/mol. The van der Waals surface area contributed by atoms with Crippen LogP contribution in [0.1, 0.15) is 25.5 Å². The molecule has 1 fully saturated rings. The molecule has 0 radical (unpaired) electrons. The number of nitrogens with zero attached hydrogens (tertiary/aromatic N) is 3. The van der Waals surface area contributed by atoms with Gasteiger partial charge >= 0.3 is 0 Å². The van der Waals surface area contributed by atoms with Gasteiger partial charge in [0.2, 0.25) is 0 Å². The standard InChI is InChI=1S/C13H21ClN4OS/c1-3-18-8-11(14)12(16-18)9-17(2)13(20)15-7-10-5-4-6-19-10/h8,10H,3-7,9H2,1-2H3,(H,15,20). The van der Waals surface area contributed by atoms with E-state index in [1.54, 1.807) is 0 Å². The fourth-order valence-electron chi connectivity index (χ4n) is 2.14. The van der Waals surface area contributed by atoms with E-state index in [1.807, 2.05) is 29.7 Å². The molecule has 0 amide bonds. The van der Waals surface area contributed by atoms with Crippen molar-refractivity contribution in [1.82, 2.24) is 20.0 Å². The molecule has 1 aliphatic rings. The van der Waals surface area contributed by atoms with Crippen molar-refractivity contribution >= 4 is 28.9 Å². The van der Waals surface area contributed by atoms with Crippen LogP contribution in [-0.4, -0.2) is 46.1 Å². The molecule has 1 aromatic rings. The largest absolute Gasteiger partial charge is 0.376 e. The van der Waals surface area contributed by atoms with E-state index < -0.39 is 0 Å². The SMILES string of the molecule is CCn1cc(Cl)c(CN(C)C(=S)NCC2CCCO2)n1. The van der Waals surface area contributed by atoms with Crippen molar-refractivity contribution in [2.24, 2.45) is 0 Å². The zero-order valence-corrected chi connectivity index (χ0v) is 13.5. The fourth-order valence-corrected chi connectivity index (χ4v) is 2.50. The molecule has 0 saturated carbocycles. The molecule has 1 N–H and O–H groups in total. The van der Waals surface area contributed by atoms with Gasteiger partial charge in [-0.2, -0.15) is 5.10 Å². The van der Waals surface area contributed by atoms with Gasteiger partial charge in [-0.15, -0.1) is 0 Å². The molecular formula is C13H21ClN4OS. The van der Waals surface area contributed by atoms with Crippen LogP contribution >= 0.6 is 23.8 Å². The maximum Gasteiger partial charge on any atom is 0.169 e. The summed E-state index contributed by atoms with van der Waals surface area (Å²) in [7, 11) is 1.94. The van der Waals surface area contributed by atoms with Crippen molar-refractivity contribution in [2.75, 3.05) is 20.2 Å². The summed E-state index contributed by atoms with van der Waals surface area (Å²) in [6.07, 6.45) is 4.36. The highest BCUT2D eigenvalue weighted by Gasteiger charge is 2.17. The first-order chi connectivity index (χ1) is 9.60. The summed E-state index contributed by atoms with van der Waals surface area (Å²) in [5.74, 6) is 0. The second kappa shape index (κ2) is 7.24. The average Bonchev–Trinajstić information content (AvgIpc) is 3.06. The molecule has 5 nitrogen and oxygen atoms in total. The lowest BCUT2D eigenvalue weighted by molar-refractivity contribution is 0.113. The van der Waals surface area contributed by atoms with E-state index in [0.29, 0.717) is 16.7 Å². The number of hydrogen-bond acceptors (Lipinski definition) is 3. The highest BCUT2D eigenvalue weighted by Crippen LogP contribution is 2.15. The molecule has 1 unspecified atom stereocenters. The molecule has 0 aromatic carbocycles. The Bertz CT molecular complexity index is 459. The van der Waals surface area contributed by atoms with Crippen molar-refractivity contribution in [3.8, 4) is 0 Å². The number of ether oxygens (including phenoxy) is 1. The maximum absolute atomic E-state index is 6.16. The summed E-state index contributed by atoms with van der Waals surface area (Å²) in [5.41, 5.74) is 0.845. The quantitative estimate of drug-likeness (QED) is 0.842. The highest BCUT2D eigenvalue weighted by molar-refractivity contribution is 7.80. The Morgan fingerprint density at radius 1 is 1.70 bits per heavy atom. The van der Waals surface area contributed by atoms with Crippen molar-refractivity contribution < 1.29 is 4.74 Å². The van der Waals surface area contributed by atoms with Gasteiger partial charge in [-0.25, -0.2) is 0 Å². The van der Waals surface area contributed by atoms with Crippen molar-refractivity contribution in [2.45, 2.75) is 39.0 Å². The van der Waals surface area contributed by atoms with Crippen molar-refractivity contribution in [1.29, 1.82) is 0 Å². The molecule has 1 aromatic heterocycles. The Labute approximate surface area is 130 Å². The molecule has 1 aliphatic heterocycles. The lowest BCUT2D eigenvalue weighted by Crippen LogP contribution is -2.40. The minimum Gasteiger partial charge on any atom is -0.376 e. The van der Waals surface area contributed by atoms with Gasteiger partial charge in [0.25, 0.3) is 0 Å². The van der Waals surface area contributed by atoms with Crippen molar-refractivity contribution in [3.05, 3.63) is 16.9 Å². The summed E-state index contributed by atoms with van der Waals surface area (Å²) < 4.78 is 7.39. The van der Waals surface area contributed by atoms with Crippen LogP contribution in [0.3, 0.4) is 0 Å². The van der Waals surface area contributed by atoms with Crippen LogP contribution in [0.5, 0.6) is 0 Å². The molecule has 0 spiro atoms. The minimum atomic E-state index is 0.282. The summed E-state index contributed by atoms with van der Waals surface area (Å²) in [4.78, 5) is 1.94. The van der Waals surface area contributed by atoms with Gasteiger partial charge < -0.3 is 15.0 Å². The lowest BCUT2D eigenvalue weighted by atomic mass is 10.2. The van der Waals surface area contributed by atoms with E-state index in [9.17, 15) is 0 Å². The molecule has 1 atom stereocenters. The first-order valence-electron chi connectivity index (χ1n) is 6.92. The summed E-state index contributed by atoms with van der Waals surface area (Å²) in [5, 5.41) is 9.04. The first kappa shape index (κ1) is 15.5. The topological polar surface area (TPSA) is 42.3 Å². The zero-order valence-electron chi connectivity index (χ0n) is 11.9. The van der Waals surface area contributed by atoms with Crippen LogP contribution in [0.2, 0.25) is 5.02 Å². The Balaban J connectivity index is 1.81. The number of rotatable bonds is 5. The average molecular weight is 317 g/mol. The lowest BCUT2D eigenvalue weighted by Gasteiger charge is -2.21. The van der Waals surface area contributed by atoms with E-state index in [0.717, 1.165) is 38.2 Å². The fraction of sp³-hybridized carbons (Fsp3) is 0.692. The summed E-state index contributed by atoms with van der Waals surface area (Å²) in [6.45, 7) is 5.07. The first-order valence-corrected chi connectivity index (χ1v) is 7.71. The number of aryl methyl sites for hydroxylation is 1. The van der Waals surface area contributed by atoms with Crippen LogP contribution in [0.25, 0.3) is 0 Å². The van der Waals surface area contributed by atoms with Crippen LogP contribution in [0.15, 0.2) is 6.20 Å². The number of nitrogens with one attached hydrogen (secondary N) is 1. The zero-order chi connectivity index (χ0) is 14.5. The van der Waals surface area contributed by atoms with Gasteiger partial charge in [0.15, 0.2) is 5.11 Å². The van der Waals surface area contributed by atoms with Gasteiger partial charge in [0.1, 0.15) is 5.69 Å². The van der Waals surface area contributed by atoms with E-state index in [-0.39, 0.29) is 6.10 Å². The number of aromatic nitrogens is 2. The Morgan fingerprint density at radius 2 is 2.50 bits per heavy atom. The molecule has 112 valence electrons. The van der Waals surface area contributed by atoms with Gasteiger partial charge in [-0.05, 0) is 32.0 Å². The maximum atomic E-state index is 6.16. The van der Waals surface area contributed by atoms with Crippen LogP contribution in [0, 0.1) is 0 Å². The van der Waals surface area contributed by atoms with Gasteiger partial charge in [-0.1, -0.05) is 11.6 Å². The van der Waals surface area contributed by atoms with E-state index in [4.69, 9.17) is 28.6 Å². The summed E-state index contributed by atoms with van der Waals surface area (Å²) >= 11 is 11.5. The Morgan fingerprint density at radius 3 is 3.10 bits per heavy atom. The smallest absolute Gasteiger partial charge is 0.169 e. The third-order valence-corrected chi connectivity index (χ3v) is 4.12. The third kappa shape index (κ3) is 4.07. The minimum absolute atomic E-state index is 0.282. The molecule has 2 heterocycles. The molecule has 2 rings (SSSR count). The van der Waals surface area contributed by atoms with Crippen LogP contribution in [-0.2, 0) is 17.8 Å². The molecule has 7 heteroatoms. The van der Waals surface area contributed by atoms with Gasteiger partial charge in [-0.3, -0.25) is 4.68 Å². The highest BCUT2D eigenvalue weighted by atomic mass is 35.5. The van der Waals surface area contributed by atoms with Crippen molar-refractivity contribution in [3.63, 3.8) is 0 Å². The van der Waals surface area contributed by atoms with E-state index in [1.165, 1.54) is 0 Å².